The van der Waals surface area contributed by atoms with E-state index in [2.05, 4.69) is 74.1 Å². The van der Waals surface area contributed by atoms with Gasteiger partial charge >= 0.3 is 0 Å². The first kappa shape index (κ1) is 19.0. The zero-order valence-corrected chi connectivity index (χ0v) is 18.2. The molecule has 3 aromatic rings. The van der Waals surface area contributed by atoms with E-state index in [1.807, 2.05) is 0 Å². The molecule has 1 nitrogen and oxygen atoms in total. The van der Waals surface area contributed by atoms with Crippen LogP contribution in [0.5, 0.6) is 0 Å². The van der Waals surface area contributed by atoms with Crippen molar-refractivity contribution < 1.29 is 0 Å². The summed E-state index contributed by atoms with van der Waals surface area (Å²) in [6.07, 6.45) is 12.1. The first-order valence-electron chi connectivity index (χ1n) is 9.58. The third-order valence-corrected chi connectivity index (χ3v) is 5.97. The molecule has 0 atom stereocenters. The lowest BCUT2D eigenvalue weighted by atomic mass is 10.0. The maximum Gasteiger partial charge on any atom is 0.0498 e. The van der Waals surface area contributed by atoms with Crippen LogP contribution in [0.1, 0.15) is 63.9 Å². The molecule has 3 heteroatoms. The Morgan fingerprint density at radius 2 is 1.44 bits per heavy atom. The van der Waals surface area contributed by atoms with E-state index >= 15 is 0 Å². The van der Waals surface area contributed by atoms with E-state index in [0.29, 0.717) is 0 Å². The highest BCUT2D eigenvalue weighted by Crippen LogP contribution is 2.33. The van der Waals surface area contributed by atoms with Crippen molar-refractivity contribution in [3.8, 4) is 0 Å². The number of hydrogen-bond donors (Lipinski definition) is 1. The van der Waals surface area contributed by atoms with E-state index in [0.717, 1.165) is 10.9 Å². The van der Waals surface area contributed by atoms with Crippen molar-refractivity contribution in [1.82, 2.24) is 4.98 Å². The number of rotatable bonds is 9. The predicted molar refractivity (Wildman–Crippen MR) is 118 cm³/mol. The highest BCUT2D eigenvalue weighted by Gasteiger charge is 2.10. The molecule has 134 valence electrons. The summed E-state index contributed by atoms with van der Waals surface area (Å²) < 4.78 is 2.31. The number of fused-ring (bicyclic) bond motifs is 3. The lowest BCUT2D eigenvalue weighted by Gasteiger charge is -2.06. The van der Waals surface area contributed by atoms with E-state index < -0.39 is 0 Å². The fourth-order valence-electron chi connectivity index (χ4n) is 3.65. The summed E-state index contributed by atoms with van der Waals surface area (Å²) in [6, 6.07) is 11.0. The van der Waals surface area contributed by atoms with E-state index in [4.69, 9.17) is 0 Å². The van der Waals surface area contributed by atoms with Gasteiger partial charge in [0, 0.05) is 30.8 Å². The number of unbranched alkanes of at least 4 members (excludes halogenated alkanes) is 7. The number of aryl methyl sites for hydroxylation is 1. The maximum absolute atomic E-state index is 3.70. The minimum atomic E-state index is 1.13. The minimum absolute atomic E-state index is 1.13. The van der Waals surface area contributed by atoms with Gasteiger partial charge in [-0.25, -0.2) is 0 Å². The second-order valence-corrected chi connectivity index (χ2v) is 8.86. The molecule has 2 aromatic carbocycles. The molecule has 0 spiro atoms. The van der Waals surface area contributed by atoms with Crippen LogP contribution in [0.4, 0.5) is 0 Å². The summed E-state index contributed by atoms with van der Waals surface area (Å²) in [5.74, 6) is 0. The predicted octanol–water partition coefficient (Wildman–Crippen LogP) is 8.53. The Labute approximate surface area is 167 Å². The molecule has 0 fully saturated rings. The van der Waals surface area contributed by atoms with Crippen molar-refractivity contribution in [3.05, 3.63) is 44.8 Å². The van der Waals surface area contributed by atoms with Crippen LogP contribution < -0.4 is 0 Å². The van der Waals surface area contributed by atoms with E-state index in [9.17, 15) is 0 Å². The number of benzene rings is 2. The third kappa shape index (κ3) is 4.89. The van der Waals surface area contributed by atoms with Gasteiger partial charge in [-0.2, -0.15) is 0 Å². The molecule has 1 aromatic heterocycles. The van der Waals surface area contributed by atoms with E-state index in [-0.39, 0.29) is 0 Å². The van der Waals surface area contributed by atoms with Gasteiger partial charge in [-0.15, -0.1) is 0 Å². The average molecular weight is 465 g/mol. The van der Waals surface area contributed by atoms with Crippen LogP contribution in [0.15, 0.2) is 39.3 Å². The number of aromatic nitrogens is 1. The number of nitrogens with one attached hydrogen (secondary N) is 1. The van der Waals surface area contributed by atoms with Crippen LogP contribution in [0.2, 0.25) is 0 Å². The summed E-state index contributed by atoms with van der Waals surface area (Å²) in [6.45, 7) is 2.28. The molecule has 1 heterocycles. The van der Waals surface area contributed by atoms with Crippen LogP contribution in [-0.4, -0.2) is 4.98 Å². The molecule has 0 aliphatic heterocycles. The van der Waals surface area contributed by atoms with Crippen LogP contribution in [0.25, 0.3) is 21.8 Å². The van der Waals surface area contributed by atoms with Crippen molar-refractivity contribution in [1.29, 1.82) is 0 Å². The van der Waals surface area contributed by atoms with E-state index in [1.54, 1.807) is 0 Å². The summed E-state index contributed by atoms with van der Waals surface area (Å²) in [7, 11) is 0. The quantitative estimate of drug-likeness (QED) is 0.305. The first-order chi connectivity index (χ1) is 12.2. The highest BCUT2D eigenvalue weighted by atomic mass is 79.9. The van der Waals surface area contributed by atoms with E-state index in [1.165, 1.54) is 83.2 Å². The molecule has 0 amide bonds. The molecule has 0 aliphatic carbocycles. The van der Waals surface area contributed by atoms with Crippen molar-refractivity contribution >= 4 is 53.7 Å². The largest absolute Gasteiger partial charge is 0.354 e. The van der Waals surface area contributed by atoms with Gasteiger partial charge in [-0.1, -0.05) is 83.7 Å². The molecule has 25 heavy (non-hydrogen) atoms. The lowest BCUT2D eigenvalue weighted by Crippen LogP contribution is -1.89. The maximum atomic E-state index is 3.70. The number of aromatic amines is 1. The van der Waals surface area contributed by atoms with Crippen molar-refractivity contribution in [3.63, 3.8) is 0 Å². The normalized spacial score (nSPS) is 11.6. The Balaban J connectivity index is 1.66. The van der Waals surface area contributed by atoms with Crippen LogP contribution >= 0.6 is 31.9 Å². The SMILES string of the molecule is CCCCCCCCCCc1cc(Br)cc2c1[nH]c1ccc(Br)cc12. The van der Waals surface area contributed by atoms with Gasteiger partial charge in [-0.3, -0.25) is 0 Å². The Kier molecular flexibility index (Phi) is 7.00. The molecular formula is C22H27Br2N. The molecule has 0 saturated carbocycles. The average Bonchev–Trinajstić information content (AvgIpc) is 2.95. The minimum Gasteiger partial charge on any atom is -0.354 e. The second kappa shape index (κ2) is 9.23. The highest BCUT2D eigenvalue weighted by molar-refractivity contribution is 9.10. The summed E-state index contributed by atoms with van der Waals surface area (Å²) >= 11 is 7.30. The van der Waals surface area contributed by atoms with Crippen molar-refractivity contribution in [2.75, 3.05) is 0 Å². The van der Waals surface area contributed by atoms with Gasteiger partial charge in [0.2, 0.25) is 0 Å². The summed E-state index contributed by atoms with van der Waals surface area (Å²) in [5.41, 5.74) is 3.95. The zero-order chi connectivity index (χ0) is 17.6. The Hall–Kier alpha value is -0.800. The third-order valence-electron chi connectivity index (χ3n) is 5.02. The molecule has 0 aliphatic rings. The molecular weight excluding hydrogens is 438 g/mol. The standard InChI is InChI=1S/C22H27Br2N/c1-2-3-4-5-6-7-8-9-10-16-13-18(24)15-20-19-14-17(23)11-12-21(19)25-22(16)20/h11-15,25H,2-10H2,1H3. The van der Waals surface area contributed by atoms with Gasteiger partial charge in [0.1, 0.15) is 0 Å². The van der Waals surface area contributed by atoms with Crippen LogP contribution in [0.3, 0.4) is 0 Å². The molecule has 0 saturated heterocycles. The monoisotopic (exact) mass is 463 g/mol. The fourth-order valence-corrected chi connectivity index (χ4v) is 4.52. The fraction of sp³-hybridized carbons (Fsp3) is 0.455. The van der Waals surface area contributed by atoms with Gasteiger partial charge < -0.3 is 4.98 Å². The molecule has 0 unspecified atom stereocenters. The number of H-pyrrole nitrogens is 1. The Morgan fingerprint density at radius 1 is 0.760 bits per heavy atom. The molecule has 0 bridgehead atoms. The van der Waals surface area contributed by atoms with Crippen molar-refractivity contribution in [2.24, 2.45) is 0 Å². The zero-order valence-electron chi connectivity index (χ0n) is 15.0. The van der Waals surface area contributed by atoms with Gasteiger partial charge in [0.15, 0.2) is 0 Å². The molecule has 0 radical (unpaired) electrons. The summed E-state index contributed by atoms with van der Waals surface area (Å²) in [5, 5.41) is 2.61. The van der Waals surface area contributed by atoms with Gasteiger partial charge in [0.25, 0.3) is 0 Å². The second-order valence-electron chi connectivity index (χ2n) is 7.03. The molecule has 1 N–H and O–H groups in total. The summed E-state index contributed by atoms with van der Waals surface area (Å²) in [4.78, 5) is 3.63. The smallest absolute Gasteiger partial charge is 0.0498 e. The Bertz CT molecular complexity index is 835. The Morgan fingerprint density at radius 3 is 2.20 bits per heavy atom. The lowest BCUT2D eigenvalue weighted by molar-refractivity contribution is 0.576. The van der Waals surface area contributed by atoms with Crippen molar-refractivity contribution in [2.45, 2.75) is 64.7 Å². The topological polar surface area (TPSA) is 15.8 Å². The molecule has 3 rings (SSSR count). The van der Waals surface area contributed by atoms with Gasteiger partial charge in [0.05, 0.1) is 0 Å². The number of halogens is 2. The first-order valence-corrected chi connectivity index (χ1v) is 11.2. The van der Waals surface area contributed by atoms with Crippen LogP contribution in [-0.2, 0) is 6.42 Å². The number of hydrogen-bond acceptors (Lipinski definition) is 0. The van der Waals surface area contributed by atoms with Crippen LogP contribution in [0, 0.1) is 0 Å². The van der Waals surface area contributed by atoms with Gasteiger partial charge in [-0.05, 0) is 48.7 Å².